The van der Waals surface area contributed by atoms with E-state index in [2.05, 4.69) is 11.1 Å². The first-order valence-electron chi connectivity index (χ1n) is 9.34. The molecule has 5 nitrogen and oxygen atoms in total. The maximum absolute atomic E-state index is 13.3. The van der Waals surface area contributed by atoms with Crippen molar-refractivity contribution >= 4 is 5.78 Å². The highest BCUT2D eigenvalue weighted by atomic mass is 19.1. The minimum absolute atomic E-state index is 0.0222. The van der Waals surface area contributed by atoms with Gasteiger partial charge < -0.3 is 10.5 Å². The van der Waals surface area contributed by atoms with Crippen molar-refractivity contribution in [3.63, 3.8) is 0 Å². The molecule has 2 aliphatic rings. The number of nitrogens with zero attached hydrogens (tertiary/aromatic N) is 2. The molecule has 6 heteroatoms. The number of rotatable bonds is 2. The molecular weight excluding hydrogens is 369 g/mol. The monoisotopic (exact) mass is 389 g/mol. The Morgan fingerprint density at radius 1 is 1.21 bits per heavy atom. The Hall–Kier alpha value is -3.46. The highest BCUT2D eigenvalue weighted by Crippen LogP contribution is 2.48. The van der Waals surface area contributed by atoms with Crippen molar-refractivity contribution in [3.05, 3.63) is 76.9 Å². The summed E-state index contributed by atoms with van der Waals surface area (Å²) in [6, 6.07) is 10.0. The fourth-order valence-corrected chi connectivity index (χ4v) is 4.03. The molecule has 1 aliphatic carbocycles. The molecule has 29 heavy (non-hydrogen) atoms. The van der Waals surface area contributed by atoms with Crippen LogP contribution in [0.2, 0.25) is 0 Å². The molecule has 146 valence electrons. The van der Waals surface area contributed by atoms with Gasteiger partial charge >= 0.3 is 0 Å². The lowest BCUT2D eigenvalue weighted by molar-refractivity contribution is -0.119. The average Bonchev–Trinajstić information content (AvgIpc) is 2.66. The number of Topliss-reactive ketones (excluding diaryl/α,β-unsaturated/α-hetero) is 1. The number of ether oxygens (including phenoxy) is 1. The highest BCUT2D eigenvalue weighted by molar-refractivity contribution is 6.00. The van der Waals surface area contributed by atoms with Crippen molar-refractivity contribution in [2.45, 2.75) is 32.6 Å². The van der Waals surface area contributed by atoms with Gasteiger partial charge in [0.25, 0.3) is 0 Å². The molecule has 0 saturated heterocycles. The summed E-state index contributed by atoms with van der Waals surface area (Å²) in [6.07, 6.45) is 4.23. The van der Waals surface area contributed by atoms with E-state index in [1.165, 1.54) is 12.1 Å². The van der Waals surface area contributed by atoms with Crippen molar-refractivity contribution in [2.75, 3.05) is 0 Å². The summed E-state index contributed by atoms with van der Waals surface area (Å²) in [7, 11) is 0. The van der Waals surface area contributed by atoms with E-state index in [1.54, 1.807) is 24.5 Å². The fraction of sp³-hybridized carbons (Fsp3) is 0.261. The summed E-state index contributed by atoms with van der Waals surface area (Å²) in [5, 5.41) is 9.73. The molecule has 0 saturated carbocycles. The van der Waals surface area contributed by atoms with Gasteiger partial charge in [0.15, 0.2) is 5.78 Å². The first kappa shape index (κ1) is 18.9. The number of ketones is 1. The topological polar surface area (TPSA) is 89.0 Å². The molecule has 1 aliphatic heterocycles. The number of carbonyl (C=O) groups excluding carboxylic acids is 1. The van der Waals surface area contributed by atoms with Gasteiger partial charge in [0.1, 0.15) is 23.2 Å². The molecule has 2 aromatic rings. The van der Waals surface area contributed by atoms with E-state index in [0.29, 0.717) is 29.7 Å². The number of hydrogen-bond acceptors (Lipinski definition) is 5. The second kappa shape index (κ2) is 6.85. The van der Waals surface area contributed by atoms with E-state index >= 15 is 0 Å². The maximum atomic E-state index is 13.3. The molecule has 0 amide bonds. The number of aromatic nitrogens is 1. The van der Waals surface area contributed by atoms with Crippen molar-refractivity contribution in [1.29, 1.82) is 5.26 Å². The van der Waals surface area contributed by atoms with Gasteiger partial charge in [-0.2, -0.15) is 5.26 Å². The van der Waals surface area contributed by atoms with Gasteiger partial charge in [0, 0.05) is 36.4 Å². The third-order valence-electron chi connectivity index (χ3n) is 5.35. The first-order chi connectivity index (χ1) is 13.8. The smallest absolute Gasteiger partial charge is 0.205 e. The lowest BCUT2D eigenvalue weighted by Gasteiger charge is -2.37. The van der Waals surface area contributed by atoms with E-state index in [4.69, 9.17) is 10.5 Å². The average molecular weight is 389 g/mol. The van der Waals surface area contributed by atoms with Gasteiger partial charge in [0.2, 0.25) is 5.88 Å². The normalized spacial score (nSPS) is 20.8. The quantitative estimate of drug-likeness (QED) is 0.825. The Morgan fingerprint density at radius 2 is 1.93 bits per heavy atom. The van der Waals surface area contributed by atoms with E-state index < -0.39 is 5.92 Å². The molecule has 1 aromatic carbocycles. The minimum Gasteiger partial charge on any atom is -0.444 e. The predicted molar refractivity (Wildman–Crippen MR) is 105 cm³/mol. The zero-order valence-electron chi connectivity index (χ0n) is 16.2. The SMILES string of the molecule is CC1(C)CC(=O)C2=C(C1)OC(N)=C(C#N)[C@@H]2c1cncc(-c2ccc(F)cc2)c1. The maximum Gasteiger partial charge on any atom is 0.205 e. The number of halogens is 1. The van der Waals surface area contributed by atoms with Gasteiger partial charge in [-0.25, -0.2) is 4.39 Å². The molecule has 1 aromatic heterocycles. The number of nitriles is 1. The van der Waals surface area contributed by atoms with Crippen LogP contribution in [0, 0.1) is 22.6 Å². The summed E-state index contributed by atoms with van der Waals surface area (Å²) in [4.78, 5) is 17.3. The van der Waals surface area contributed by atoms with Gasteiger partial charge in [-0.3, -0.25) is 9.78 Å². The Bertz CT molecular complexity index is 1110. The molecular formula is C23H20FN3O2. The second-order valence-corrected chi connectivity index (χ2v) is 8.22. The second-order valence-electron chi connectivity index (χ2n) is 8.22. The Kier molecular flexibility index (Phi) is 4.46. The third-order valence-corrected chi connectivity index (χ3v) is 5.35. The van der Waals surface area contributed by atoms with Gasteiger partial charge in [0.05, 0.1) is 5.92 Å². The zero-order valence-corrected chi connectivity index (χ0v) is 16.2. The Morgan fingerprint density at radius 3 is 2.62 bits per heavy atom. The zero-order chi connectivity index (χ0) is 20.8. The van der Waals surface area contributed by atoms with Crippen LogP contribution in [-0.2, 0) is 9.53 Å². The van der Waals surface area contributed by atoms with E-state index in [1.807, 2.05) is 19.9 Å². The third kappa shape index (κ3) is 3.40. The lowest BCUT2D eigenvalue weighted by Crippen LogP contribution is -2.33. The van der Waals surface area contributed by atoms with Crippen LogP contribution in [0.1, 0.15) is 38.2 Å². The van der Waals surface area contributed by atoms with Crippen LogP contribution in [0.4, 0.5) is 4.39 Å². The molecule has 2 N–H and O–H groups in total. The van der Waals surface area contributed by atoms with E-state index in [-0.39, 0.29) is 28.5 Å². The summed E-state index contributed by atoms with van der Waals surface area (Å²) in [5.74, 6) is -0.446. The van der Waals surface area contributed by atoms with Crippen LogP contribution < -0.4 is 5.73 Å². The summed E-state index contributed by atoms with van der Waals surface area (Å²) in [5.41, 5.74) is 8.72. The summed E-state index contributed by atoms with van der Waals surface area (Å²) in [6.45, 7) is 4.01. The van der Waals surface area contributed by atoms with Crippen LogP contribution in [0.3, 0.4) is 0 Å². The summed E-state index contributed by atoms with van der Waals surface area (Å²) < 4.78 is 19.0. The number of benzene rings is 1. The largest absolute Gasteiger partial charge is 0.444 e. The fourth-order valence-electron chi connectivity index (χ4n) is 4.03. The minimum atomic E-state index is -0.625. The van der Waals surface area contributed by atoms with Crippen molar-refractivity contribution in [2.24, 2.45) is 11.1 Å². The summed E-state index contributed by atoms with van der Waals surface area (Å²) >= 11 is 0. The van der Waals surface area contributed by atoms with Gasteiger partial charge in [-0.05, 0) is 34.7 Å². The first-order valence-corrected chi connectivity index (χ1v) is 9.34. The number of pyridine rings is 1. The number of hydrogen-bond donors (Lipinski definition) is 1. The lowest BCUT2D eigenvalue weighted by atomic mass is 9.70. The molecule has 2 heterocycles. The molecule has 0 spiro atoms. The van der Waals surface area contributed by atoms with Crippen LogP contribution in [0.15, 0.2) is 65.5 Å². The van der Waals surface area contributed by atoms with Crippen LogP contribution in [-0.4, -0.2) is 10.8 Å². The molecule has 0 unspecified atom stereocenters. The standard InChI is InChI=1S/C23H20FN3O2/c1-23(2)8-18(28)21-19(9-23)29-22(26)17(10-25)20(21)15-7-14(11-27-12-15)13-3-5-16(24)6-4-13/h3-7,11-12,20H,8-9,26H2,1-2H3/t20-/m0/s1. The predicted octanol–water partition coefficient (Wildman–Crippen LogP) is 4.34. The van der Waals surface area contributed by atoms with Crippen molar-refractivity contribution in [1.82, 2.24) is 4.98 Å². The Balaban J connectivity index is 1.85. The van der Waals surface area contributed by atoms with Crippen molar-refractivity contribution in [3.8, 4) is 17.2 Å². The van der Waals surface area contributed by atoms with E-state index in [9.17, 15) is 14.4 Å². The molecule has 0 bridgehead atoms. The molecule has 0 fully saturated rings. The van der Waals surface area contributed by atoms with E-state index in [0.717, 1.165) is 11.1 Å². The Labute approximate surface area is 168 Å². The number of nitrogens with two attached hydrogens (primary N) is 1. The van der Waals surface area contributed by atoms with Crippen molar-refractivity contribution < 1.29 is 13.9 Å². The van der Waals surface area contributed by atoms with Gasteiger partial charge in [-0.1, -0.05) is 26.0 Å². The van der Waals surface area contributed by atoms with Gasteiger partial charge in [-0.15, -0.1) is 0 Å². The molecule has 4 rings (SSSR count). The van der Waals surface area contributed by atoms with Crippen LogP contribution in [0.25, 0.3) is 11.1 Å². The molecule has 1 atom stereocenters. The number of carbonyl (C=O) groups is 1. The molecule has 0 radical (unpaired) electrons. The van der Waals surface area contributed by atoms with Crippen LogP contribution >= 0.6 is 0 Å². The highest BCUT2D eigenvalue weighted by Gasteiger charge is 2.43. The number of allylic oxidation sites excluding steroid dienone is 3. The van der Waals surface area contributed by atoms with Crippen LogP contribution in [0.5, 0.6) is 0 Å².